The van der Waals surface area contributed by atoms with Crippen molar-refractivity contribution in [2.45, 2.75) is 45.2 Å². The SMILES string of the molecule is CSC(C)Oc1cc(C)c(-c2ccc(Cl)c(Cl)c2)cc1COCCN1CCCCC1. The Morgan fingerprint density at radius 2 is 1.83 bits per heavy atom. The molecule has 1 heterocycles. The number of nitrogens with zero attached hydrogens (tertiary/aromatic N) is 1. The van der Waals surface area contributed by atoms with E-state index >= 15 is 0 Å². The van der Waals surface area contributed by atoms with Crippen molar-refractivity contribution in [3.8, 4) is 16.9 Å². The van der Waals surface area contributed by atoms with Crippen LogP contribution < -0.4 is 4.74 Å². The van der Waals surface area contributed by atoms with Gasteiger partial charge in [-0.15, -0.1) is 11.8 Å². The van der Waals surface area contributed by atoms with E-state index in [1.54, 1.807) is 11.8 Å². The van der Waals surface area contributed by atoms with Crippen LogP contribution in [0.15, 0.2) is 30.3 Å². The average Bonchev–Trinajstić information content (AvgIpc) is 2.75. The first kappa shape index (κ1) is 23.7. The Morgan fingerprint density at radius 1 is 1.07 bits per heavy atom. The third-order valence-electron chi connectivity index (χ3n) is 5.52. The molecule has 2 aromatic rings. The highest BCUT2D eigenvalue weighted by Crippen LogP contribution is 2.35. The van der Waals surface area contributed by atoms with Gasteiger partial charge in [-0.05, 0) is 87.0 Å². The van der Waals surface area contributed by atoms with Gasteiger partial charge in [0.1, 0.15) is 11.2 Å². The molecule has 3 nitrogen and oxygen atoms in total. The van der Waals surface area contributed by atoms with Crippen LogP contribution in [0.2, 0.25) is 10.0 Å². The van der Waals surface area contributed by atoms with Gasteiger partial charge in [0, 0.05) is 12.1 Å². The topological polar surface area (TPSA) is 21.7 Å². The quantitative estimate of drug-likeness (QED) is 0.290. The zero-order chi connectivity index (χ0) is 21.5. The number of likely N-dealkylation sites (tertiary alicyclic amines) is 1. The molecule has 0 aromatic heterocycles. The smallest absolute Gasteiger partial charge is 0.141 e. The van der Waals surface area contributed by atoms with E-state index in [4.69, 9.17) is 32.7 Å². The predicted molar refractivity (Wildman–Crippen MR) is 130 cm³/mol. The summed E-state index contributed by atoms with van der Waals surface area (Å²) in [6.07, 6.45) is 6.01. The van der Waals surface area contributed by atoms with Gasteiger partial charge in [0.25, 0.3) is 0 Å². The summed E-state index contributed by atoms with van der Waals surface area (Å²) >= 11 is 14.1. The van der Waals surface area contributed by atoms with Crippen LogP contribution in [0, 0.1) is 6.92 Å². The fourth-order valence-electron chi connectivity index (χ4n) is 3.71. The molecule has 6 heteroatoms. The molecule has 1 atom stereocenters. The van der Waals surface area contributed by atoms with Crippen LogP contribution in [-0.2, 0) is 11.3 Å². The molecular formula is C24H31Cl2NO2S. The zero-order valence-electron chi connectivity index (χ0n) is 18.0. The summed E-state index contributed by atoms with van der Waals surface area (Å²) in [7, 11) is 0. The van der Waals surface area contributed by atoms with Crippen molar-refractivity contribution in [3.63, 3.8) is 0 Å². The molecule has 0 radical (unpaired) electrons. The third kappa shape index (κ3) is 6.54. The van der Waals surface area contributed by atoms with E-state index in [9.17, 15) is 0 Å². The van der Waals surface area contributed by atoms with Crippen LogP contribution in [0.5, 0.6) is 5.75 Å². The number of ether oxygens (including phenoxy) is 2. The number of piperidine rings is 1. The Balaban J connectivity index is 1.77. The van der Waals surface area contributed by atoms with E-state index < -0.39 is 0 Å². The summed E-state index contributed by atoms with van der Waals surface area (Å²) in [5.74, 6) is 0.885. The van der Waals surface area contributed by atoms with Crippen molar-refractivity contribution in [2.75, 3.05) is 32.5 Å². The van der Waals surface area contributed by atoms with E-state index in [0.717, 1.165) is 41.2 Å². The lowest BCUT2D eigenvalue weighted by Gasteiger charge is -2.26. The number of hydrogen-bond acceptors (Lipinski definition) is 4. The Hall–Kier alpha value is -0.910. The lowest BCUT2D eigenvalue weighted by atomic mass is 9.97. The molecule has 1 saturated heterocycles. The Labute approximate surface area is 195 Å². The van der Waals surface area contributed by atoms with Crippen molar-refractivity contribution in [1.82, 2.24) is 4.90 Å². The first-order valence-electron chi connectivity index (χ1n) is 10.6. The van der Waals surface area contributed by atoms with Crippen LogP contribution in [0.1, 0.15) is 37.3 Å². The highest BCUT2D eigenvalue weighted by atomic mass is 35.5. The second kappa shape index (κ2) is 11.6. The number of rotatable bonds is 9. The summed E-state index contributed by atoms with van der Waals surface area (Å²) in [5.41, 5.74) is 4.43. The number of hydrogen-bond donors (Lipinski definition) is 0. The van der Waals surface area contributed by atoms with Gasteiger partial charge in [0.2, 0.25) is 0 Å². The van der Waals surface area contributed by atoms with Gasteiger partial charge >= 0.3 is 0 Å². The minimum atomic E-state index is 0.0762. The van der Waals surface area contributed by atoms with E-state index in [0.29, 0.717) is 16.7 Å². The van der Waals surface area contributed by atoms with Gasteiger partial charge in [-0.1, -0.05) is 35.7 Å². The van der Waals surface area contributed by atoms with Gasteiger partial charge in [-0.3, -0.25) is 0 Å². The first-order valence-corrected chi connectivity index (χ1v) is 12.6. The molecule has 0 amide bonds. The molecule has 0 saturated carbocycles. The summed E-state index contributed by atoms with van der Waals surface area (Å²) in [5, 5.41) is 1.12. The highest BCUT2D eigenvalue weighted by molar-refractivity contribution is 7.99. The number of benzene rings is 2. The van der Waals surface area contributed by atoms with Crippen molar-refractivity contribution in [2.24, 2.45) is 0 Å². The molecule has 3 rings (SSSR count). The second-order valence-corrected chi connectivity index (χ2v) is 9.73. The number of halogens is 2. The Bertz CT molecular complexity index is 840. The summed E-state index contributed by atoms with van der Waals surface area (Å²) in [4.78, 5) is 2.49. The largest absolute Gasteiger partial charge is 0.480 e. The molecule has 0 aliphatic carbocycles. The summed E-state index contributed by atoms with van der Waals surface area (Å²) in [6.45, 7) is 8.78. The van der Waals surface area contributed by atoms with Crippen LogP contribution in [0.3, 0.4) is 0 Å². The second-order valence-electron chi connectivity index (χ2n) is 7.78. The van der Waals surface area contributed by atoms with Crippen molar-refractivity contribution < 1.29 is 9.47 Å². The van der Waals surface area contributed by atoms with Crippen molar-refractivity contribution in [3.05, 3.63) is 51.5 Å². The van der Waals surface area contributed by atoms with E-state index in [-0.39, 0.29) is 5.44 Å². The van der Waals surface area contributed by atoms with Crippen LogP contribution in [0.25, 0.3) is 11.1 Å². The van der Waals surface area contributed by atoms with Crippen molar-refractivity contribution >= 4 is 35.0 Å². The van der Waals surface area contributed by atoms with Gasteiger partial charge in [-0.25, -0.2) is 0 Å². The Kier molecular flexibility index (Phi) is 9.21. The lowest BCUT2D eigenvalue weighted by molar-refractivity contribution is 0.0847. The van der Waals surface area contributed by atoms with Gasteiger partial charge in [0.05, 0.1) is 23.3 Å². The minimum Gasteiger partial charge on any atom is -0.480 e. The highest BCUT2D eigenvalue weighted by Gasteiger charge is 2.15. The van der Waals surface area contributed by atoms with E-state index in [2.05, 4.69) is 37.1 Å². The fourth-order valence-corrected chi connectivity index (χ4v) is 4.21. The normalized spacial score (nSPS) is 15.9. The molecule has 0 bridgehead atoms. The maximum absolute atomic E-state index is 6.26. The van der Waals surface area contributed by atoms with Gasteiger partial charge in [-0.2, -0.15) is 0 Å². The predicted octanol–water partition coefficient (Wildman–Crippen LogP) is 7.06. The molecule has 1 aliphatic heterocycles. The number of aryl methyl sites for hydroxylation is 1. The van der Waals surface area contributed by atoms with Crippen LogP contribution in [0.4, 0.5) is 0 Å². The fraction of sp³-hybridized carbons (Fsp3) is 0.500. The monoisotopic (exact) mass is 467 g/mol. The van der Waals surface area contributed by atoms with E-state index in [1.165, 1.54) is 32.4 Å². The Morgan fingerprint density at radius 3 is 2.53 bits per heavy atom. The maximum Gasteiger partial charge on any atom is 0.141 e. The lowest BCUT2D eigenvalue weighted by Crippen LogP contribution is -2.32. The van der Waals surface area contributed by atoms with Gasteiger partial charge in [0.15, 0.2) is 0 Å². The zero-order valence-corrected chi connectivity index (χ0v) is 20.4. The third-order valence-corrected chi connectivity index (χ3v) is 7.02. The molecule has 30 heavy (non-hydrogen) atoms. The minimum absolute atomic E-state index is 0.0762. The molecule has 2 aromatic carbocycles. The molecule has 1 aliphatic rings. The molecule has 164 valence electrons. The van der Waals surface area contributed by atoms with E-state index in [1.807, 2.05) is 18.2 Å². The molecular weight excluding hydrogens is 437 g/mol. The average molecular weight is 468 g/mol. The van der Waals surface area contributed by atoms with Crippen molar-refractivity contribution in [1.29, 1.82) is 0 Å². The number of thioether (sulfide) groups is 1. The molecule has 1 unspecified atom stereocenters. The maximum atomic E-state index is 6.26. The molecule has 0 spiro atoms. The molecule has 1 fully saturated rings. The van der Waals surface area contributed by atoms with Crippen LogP contribution in [-0.4, -0.2) is 42.8 Å². The summed E-state index contributed by atoms with van der Waals surface area (Å²) < 4.78 is 12.3. The molecule has 0 N–H and O–H groups in total. The summed E-state index contributed by atoms with van der Waals surface area (Å²) in [6, 6.07) is 10.0. The van der Waals surface area contributed by atoms with Crippen LogP contribution >= 0.6 is 35.0 Å². The first-order chi connectivity index (χ1) is 14.5. The van der Waals surface area contributed by atoms with Gasteiger partial charge < -0.3 is 14.4 Å². The standard InChI is InChI=1S/C24H31Cl2NO2S/c1-17-13-24(29-18(2)30-3)20(16-28-12-11-27-9-5-4-6-10-27)14-21(17)19-7-8-22(25)23(26)15-19/h7-8,13-15,18H,4-6,9-12,16H2,1-3H3.